The van der Waals surface area contributed by atoms with E-state index < -0.39 is 10.5 Å². The van der Waals surface area contributed by atoms with Gasteiger partial charge in [-0.25, -0.2) is 0 Å². The second kappa shape index (κ2) is 5.85. The molecular weight excluding hydrogens is 316 g/mol. The first kappa shape index (κ1) is 14.2. The second-order valence-electron chi connectivity index (χ2n) is 4.63. The van der Waals surface area contributed by atoms with E-state index in [4.69, 9.17) is 4.74 Å². The van der Waals surface area contributed by atoms with Crippen LogP contribution in [0.15, 0.2) is 22.7 Å². The lowest BCUT2D eigenvalue weighted by Crippen LogP contribution is -2.46. The van der Waals surface area contributed by atoms with Crippen molar-refractivity contribution >= 4 is 21.6 Å². The van der Waals surface area contributed by atoms with Crippen molar-refractivity contribution in [2.24, 2.45) is 0 Å². The average Bonchev–Trinajstić information content (AvgIpc) is 2.38. The number of halogens is 1. The summed E-state index contributed by atoms with van der Waals surface area (Å²) in [5.74, 6) is 0.181. The van der Waals surface area contributed by atoms with Gasteiger partial charge in [0.15, 0.2) is 5.75 Å². The molecule has 1 fully saturated rings. The van der Waals surface area contributed by atoms with Gasteiger partial charge in [-0.3, -0.25) is 10.1 Å². The zero-order valence-electron chi connectivity index (χ0n) is 10.3. The summed E-state index contributed by atoms with van der Waals surface area (Å²) < 4.78 is 6.07. The Bertz CT molecular complexity index is 475. The van der Waals surface area contributed by atoms with E-state index in [9.17, 15) is 15.2 Å². The van der Waals surface area contributed by atoms with E-state index >= 15 is 0 Å². The Hall–Kier alpha value is -1.18. The molecule has 1 aliphatic rings. The molecule has 0 amide bonds. The van der Waals surface area contributed by atoms with E-state index in [1.807, 2.05) is 0 Å². The van der Waals surface area contributed by atoms with Gasteiger partial charge in [-0.15, -0.1) is 0 Å². The average molecular weight is 331 g/mol. The highest BCUT2D eigenvalue weighted by atomic mass is 79.9. The van der Waals surface area contributed by atoms with Crippen molar-refractivity contribution in [2.75, 3.05) is 19.7 Å². The third-order valence-corrected chi connectivity index (χ3v) is 3.64. The summed E-state index contributed by atoms with van der Waals surface area (Å²) in [6.45, 7) is 1.52. The molecular formula is C12H15BrN2O4. The van der Waals surface area contributed by atoms with E-state index in [1.165, 1.54) is 12.1 Å². The molecule has 0 radical (unpaired) electrons. The number of ether oxygens (including phenoxy) is 1. The van der Waals surface area contributed by atoms with Gasteiger partial charge in [0.25, 0.3) is 0 Å². The van der Waals surface area contributed by atoms with Crippen LogP contribution in [0.25, 0.3) is 0 Å². The van der Waals surface area contributed by atoms with Gasteiger partial charge < -0.3 is 15.2 Å². The first-order valence-corrected chi connectivity index (χ1v) is 6.79. The summed E-state index contributed by atoms with van der Waals surface area (Å²) >= 11 is 3.19. The number of hydrogen-bond donors (Lipinski definition) is 2. The number of benzene rings is 1. The maximum atomic E-state index is 10.9. The molecule has 1 aromatic carbocycles. The van der Waals surface area contributed by atoms with Gasteiger partial charge in [-0.1, -0.05) is 15.9 Å². The molecule has 0 saturated carbocycles. The monoisotopic (exact) mass is 330 g/mol. The Balaban J connectivity index is 2.08. The molecule has 2 rings (SSSR count). The first-order chi connectivity index (χ1) is 9.00. The molecule has 1 heterocycles. The van der Waals surface area contributed by atoms with E-state index in [1.54, 1.807) is 6.07 Å². The van der Waals surface area contributed by atoms with Crippen molar-refractivity contribution in [1.29, 1.82) is 0 Å². The third-order valence-electron chi connectivity index (χ3n) is 3.15. The fraction of sp³-hybridized carbons (Fsp3) is 0.500. The van der Waals surface area contributed by atoms with Crippen LogP contribution in [0, 0.1) is 10.1 Å². The predicted molar refractivity (Wildman–Crippen MR) is 73.3 cm³/mol. The molecule has 1 aliphatic heterocycles. The van der Waals surface area contributed by atoms with Gasteiger partial charge in [0, 0.05) is 10.5 Å². The van der Waals surface area contributed by atoms with Gasteiger partial charge in [0.1, 0.15) is 12.2 Å². The number of piperidine rings is 1. The highest BCUT2D eigenvalue weighted by molar-refractivity contribution is 9.10. The zero-order chi connectivity index (χ0) is 13.9. The van der Waals surface area contributed by atoms with Crippen molar-refractivity contribution in [3.8, 4) is 5.75 Å². The number of nitrogens with one attached hydrogen (secondary N) is 1. The highest BCUT2D eigenvalue weighted by Gasteiger charge is 2.31. The Morgan fingerprint density at radius 2 is 2.16 bits per heavy atom. The molecule has 0 unspecified atom stereocenters. The molecule has 2 N–H and O–H groups in total. The fourth-order valence-electron chi connectivity index (χ4n) is 2.00. The smallest absolute Gasteiger partial charge is 0.312 e. The summed E-state index contributed by atoms with van der Waals surface area (Å²) in [6.07, 6.45) is 1.16. The molecule has 0 aliphatic carbocycles. The van der Waals surface area contributed by atoms with Gasteiger partial charge in [-0.05, 0) is 38.1 Å². The van der Waals surface area contributed by atoms with Gasteiger partial charge in [-0.2, -0.15) is 0 Å². The number of nitrogens with zero attached hydrogens (tertiary/aromatic N) is 1. The van der Waals surface area contributed by atoms with Crippen molar-refractivity contribution in [3.63, 3.8) is 0 Å². The lowest BCUT2D eigenvalue weighted by molar-refractivity contribution is -0.386. The van der Waals surface area contributed by atoms with Crippen LogP contribution in [0.2, 0.25) is 0 Å². The van der Waals surface area contributed by atoms with Crippen LogP contribution in [-0.2, 0) is 0 Å². The molecule has 104 valence electrons. The molecule has 6 nitrogen and oxygen atoms in total. The lowest BCUT2D eigenvalue weighted by Gasteiger charge is -2.32. The standard InChI is InChI=1S/C12H15BrN2O4/c13-9-1-2-11(10(7-9)15(17)18)19-8-12(16)3-5-14-6-4-12/h1-2,7,14,16H,3-6,8H2. The van der Waals surface area contributed by atoms with E-state index in [-0.39, 0.29) is 18.0 Å². The summed E-state index contributed by atoms with van der Waals surface area (Å²) in [5, 5.41) is 24.4. The number of nitro groups is 1. The zero-order valence-corrected chi connectivity index (χ0v) is 11.9. The Labute approximate surface area is 119 Å². The summed E-state index contributed by atoms with van der Waals surface area (Å²) in [6, 6.07) is 4.60. The maximum Gasteiger partial charge on any atom is 0.312 e. The first-order valence-electron chi connectivity index (χ1n) is 6.00. The van der Waals surface area contributed by atoms with E-state index in [0.29, 0.717) is 17.3 Å². The van der Waals surface area contributed by atoms with Crippen LogP contribution in [0.5, 0.6) is 5.75 Å². The molecule has 19 heavy (non-hydrogen) atoms. The summed E-state index contributed by atoms with van der Waals surface area (Å²) in [7, 11) is 0. The topological polar surface area (TPSA) is 84.6 Å². The molecule has 0 bridgehead atoms. The summed E-state index contributed by atoms with van der Waals surface area (Å²) in [4.78, 5) is 10.4. The lowest BCUT2D eigenvalue weighted by atomic mass is 9.93. The van der Waals surface area contributed by atoms with E-state index in [0.717, 1.165) is 13.1 Å². The van der Waals surface area contributed by atoms with Crippen LogP contribution in [0.4, 0.5) is 5.69 Å². The minimum atomic E-state index is -0.911. The normalized spacial score (nSPS) is 18.0. The Kier molecular flexibility index (Phi) is 4.38. The quantitative estimate of drug-likeness (QED) is 0.650. The van der Waals surface area contributed by atoms with Gasteiger partial charge in [0.05, 0.1) is 4.92 Å². The maximum absolute atomic E-state index is 10.9. The summed E-state index contributed by atoms with van der Waals surface area (Å²) in [5.41, 5.74) is -1.02. The highest BCUT2D eigenvalue weighted by Crippen LogP contribution is 2.31. The predicted octanol–water partition coefficient (Wildman–Crippen LogP) is 1.85. The Morgan fingerprint density at radius 3 is 2.79 bits per heavy atom. The number of hydrogen-bond acceptors (Lipinski definition) is 5. The van der Waals surface area contributed by atoms with Gasteiger partial charge >= 0.3 is 5.69 Å². The fourth-order valence-corrected chi connectivity index (χ4v) is 2.35. The van der Waals surface area contributed by atoms with Crippen LogP contribution in [-0.4, -0.2) is 35.3 Å². The Morgan fingerprint density at radius 1 is 1.47 bits per heavy atom. The minimum Gasteiger partial charge on any atom is -0.484 e. The second-order valence-corrected chi connectivity index (χ2v) is 5.55. The van der Waals surface area contributed by atoms with Crippen molar-refractivity contribution < 1.29 is 14.8 Å². The van der Waals surface area contributed by atoms with E-state index in [2.05, 4.69) is 21.2 Å². The van der Waals surface area contributed by atoms with Crippen LogP contribution < -0.4 is 10.1 Å². The molecule has 0 spiro atoms. The largest absolute Gasteiger partial charge is 0.484 e. The van der Waals surface area contributed by atoms with Crippen molar-refractivity contribution in [2.45, 2.75) is 18.4 Å². The SMILES string of the molecule is O=[N+]([O-])c1cc(Br)ccc1OCC1(O)CCNCC1. The number of rotatable bonds is 4. The minimum absolute atomic E-state index is 0.0666. The molecule has 1 saturated heterocycles. The van der Waals surface area contributed by atoms with Crippen LogP contribution in [0.1, 0.15) is 12.8 Å². The molecule has 1 aromatic rings. The van der Waals surface area contributed by atoms with Crippen LogP contribution in [0.3, 0.4) is 0 Å². The molecule has 7 heteroatoms. The van der Waals surface area contributed by atoms with Crippen molar-refractivity contribution in [3.05, 3.63) is 32.8 Å². The molecule has 0 aromatic heterocycles. The number of nitro benzene ring substituents is 1. The molecule has 0 atom stereocenters. The van der Waals surface area contributed by atoms with Crippen molar-refractivity contribution in [1.82, 2.24) is 5.32 Å². The number of aliphatic hydroxyl groups is 1. The third kappa shape index (κ3) is 3.65. The van der Waals surface area contributed by atoms with Gasteiger partial charge in [0.2, 0.25) is 0 Å². The van der Waals surface area contributed by atoms with Crippen LogP contribution >= 0.6 is 15.9 Å².